The fourth-order valence-electron chi connectivity index (χ4n) is 2.07. The molecule has 3 nitrogen and oxygen atoms in total. The predicted octanol–water partition coefficient (Wildman–Crippen LogP) is 4.46. The molecule has 2 rings (SSSR count). The minimum atomic E-state index is -0.00639. The van der Waals surface area contributed by atoms with Crippen LogP contribution in [-0.4, -0.2) is 17.4 Å². The third-order valence-electron chi connectivity index (χ3n) is 3.15. The minimum absolute atomic E-state index is 0.00639. The molecule has 5 heteroatoms. The van der Waals surface area contributed by atoms with Gasteiger partial charge in [0.1, 0.15) is 0 Å². The molecule has 110 valence electrons. The Hall–Kier alpha value is -1.33. The molecule has 2 aromatic rings. The molecule has 0 aliphatic carbocycles. The van der Waals surface area contributed by atoms with Crippen molar-refractivity contribution in [1.82, 2.24) is 4.90 Å². The minimum Gasteiger partial charge on any atom is -0.399 e. The lowest BCUT2D eigenvalue weighted by molar-refractivity contribution is 0.0751. The normalized spacial score (nSPS) is 10.4. The molecule has 2 N–H and O–H groups in total. The molecule has 1 amide bonds. The van der Waals surface area contributed by atoms with Crippen molar-refractivity contribution in [2.45, 2.75) is 13.5 Å². The Bertz CT molecular complexity index is 658. The number of nitrogens with two attached hydrogens (primary N) is 1. The number of nitrogen functional groups attached to an aromatic ring is 1. The number of carbonyl (C=O) groups is 1. The van der Waals surface area contributed by atoms with Crippen LogP contribution in [0.25, 0.3) is 0 Å². The molecule has 0 spiro atoms. The van der Waals surface area contributed by atoms with Gasteiger partial charge in [-0.05, 0) is 58.7 Å². The maximum atomic E-state index is 12.7. The summed E-state index contributed by atoms with van der Waals surface area (Å²) >= 11 is 6.84. The molecule has 0 aliphatic rings. The van der Waals surface area contributed by atoms with Gasteiger partial charge in [-0.2, -0.15) is 0 Å². The Kier molecular flexibility index (Phi) is 5.42. The van der Waals surface area contributed by atoms with E-state index in [1.54, 1.807) is 4.90 Å². The average molecular weight is 412 g/mol. The van der Waals surface area contributed by atoms with Gasteiger partial charge in [0.2, 0.25) is 0 Å². The molecule has 0 unspecified atom stereocenters. The van der Waals surface area contributed by atoms with Gasteiger partial charge in [0.05, 0.1) is 5.56 Å². The van der Waals surface area contributed by atoms with Crippen LogP contribution in [0.3, 0.4) is 0 Å². The maximum Gasteiger partial charge on any atom is 0.255 e. The lowest BCUT2D eigenvalue weighted by Crippen LogP contribution is -2.30. The summed E-state index contributed by atoms with van der Waals surface area (Å²) < 4.78 is 1.68. The fourth-order valence-corrected chi connectivity index (χ4v) is 2.85. The predicted molar refractivity (Wildman–Crippen MR) is 93.1 cm³/mol. The number of amides is 1. The Morgan fingerprint density at radius 2 is 1.95 bits per heavy atom. The average Bonchev–Trinajstić information content (AvgIpc) is 2.46. The van der Waals surface area contributed by atoms with Gasteiger partial charge in [-0.25, -0.2) is 0 Å². The van der Waals surface area contributed by atoms with Crippen molar-refractivity contribution >= 4 is 43.5 Å². The molecule has 0 radical (unpaired) electrons. The van der Waals surface area contributed by atoms with Gasteiger partial charge in [-0.1, -0.05) is 28.1 Å². The molecular formula is C16H16Br2N2O. The largest absolute Gasteiger partial charge is 0.399 e. The summed E-state index contributed by atoms with van der Waals surface area (Å²) in [6.45, 7) is 3.14. The number of benzene rings is 2. The molecule has 0 saturated carbocycles. The summed E-state index contributed by atoms with van der Waals surface area (Å²) in [6, 6.07) is 13.2. The van der Waals surface area contributed by atoms with Gasteiger partial charge in [0.15, 0.2) is 0 Å². The molecule has 0 heterocycles. The number of halogens is 2. The van der Waals surface area contributed by atoms with E-state index >= 15 is 0 Å². The summed E-state index contributed by atoms with van der Waals surface area (Å²) in [7, 11) is 0. The van der Waals surface area contributed by atoms with Crippen molar-refractivity contribution in [2.75, 3.05) is 12.3 Å². The van der Waals surface area contributed by atoms with Crippen molar-refractivity contribution in [3.63, 3.8) is 0 Å². The van der Waals surface area contributed by atoms with Crippen LogP contribution in [0.2, 0.25) is 0 Å². The molecular weight excluding hydrogens is 396 g/mol. The smallest absolute Gasteiger partial charge is 0.255 e. The second-order valence-corrected chi connectivity index (χ2v) is 6.46. The third-order valence-corrected chi connectivity index (χ3v) is 4.34. The highest BCUT2D eigenvalue weighted by Crippen LogP contribution is 2.23. The van der Waals surface area contributed by atoms with Crippen LogP contribution in [0.4, 0.5) is 5.69 Å². The van der Waals surface area contributed by atoms with Crippen LogP contribution >= 0.6 is 31.9 Å². The quantitative estimate of drug-likeness (QED) is 0.755. The van der Waals surface area contributed by atoms with Crippen molar-refractivity contribution in [3.8, 4) is 0 Å². The Balaban J connectivity index is 2.24. The number of hydrogen-bond acceptors (Lipinski definition) is 2. The van der Waals surface area contributed by atoms with E-state index in [0.29, 0.717) is 24.3 Å². The van der Waals surface area contributed by atoms with Gasteiger partial charge < -0.3 is 10.6 Å². The summed E-state index contributed by atoms with van der Waals surface area (Å²) in [5.41, 5.74) is 8.17. The zero-order chi connectivity index (χ0) is 15.4. The molecule has 0 aromatic heterocycles. The van der Waals surface area contributed by atoms with E-state index in [0.717, 1.165) is 14.5 Å². The third kappa shape index (κ3) is 4.08. The highest BCUT2D eigenvalue weighted by atomic mass is 79.9. The first kappa shape index (κ1) is 16.0. The maximum absolute atomic E-state index is 12.7. The van der Waals surface area contributed by atoms with Crippen molar-refractivity contribution in [1.29, 1.82) is 0 Å². The Labute approximate surface area is 141 Å². The van der Waals surface area contributed by atoms with Crippen LogP contribution in [-0.2, 0) is 6.54 Å². The van der Waals surface area contributed by atoms with Gasteiger partial charge in [0, 0.05) is 27.7 Å². The molecule has 2 aromatic carbocycles. The second kappa shape index (κ2) is 7.09. The van der Waals surface area contributed by atoms with E-state index in [9.17, 15) is 4.79 Å². The lowest BCUT2D eigenvalue weighted by Gasteiger charge is -2.22. The van der Waals surface area contributed by atoms with E-state index in [1.807, 2.05) is 49.4 Å². The highest BCUT2D eigenvalue weighted by Gasteiger charge is 2.17. The zero-order valence-corrected chi connectivity index (χ0v) is 14.8. The molecule has 0 saturated heterocycles. The van der Waals surface area contributed by atoms with Crippen LogP contribution < -0.4 is 5.73 Å². The molecule has 0 atom stereocenters. The second-order valence-electron chi connectivity index (χ2n) is 4.69. The van der Waals surface area contributed by atoms with Gasteiger partial charge in [-0.15, -0.1) is 0 Å². The van der Waals surface area contributed by atoms with Crippen LogP contribution in [0.5, 0.6) is 0 Å². The molecule has 0 aliphatic heterocycles. The summed E-state index contributed by atoms with van der Waals surface area (Å²) in [5.74, 6) is -0.00639. The van der Waals surface area contributed by atoms with Gasteiger partial charge >= 0.3 is 0 Å². The lowest BCUT2D eigenvalue weighted by atomic mass is 10.1. The summed E-state index contributed by atoms with van der Waals surface area (Å²) in [6.07, 6.45) is 0. The SMILES string of the molecule is CCN(Cc1cccc(N)c1)C(=O)c1cc(Br)ccc1Br. The first-order valence-corrected chi connectivity index (χ1v) is 8.18. The number of rotatable bonds is 4. The van der Waals surface area contributed by atoms with E-state index < -0.39 is 0 Å². The monoisotopic (exact) mass is 410 g/mol. The van der Waals surface area contributed by atoms with Crippen molar-refractivity contribution < 1.29 is 4.79 Å². The Morgan fingerprint density at radius 3 is 2.62 bits per heavy atom. The van der Waals surface area contributed by atoms with Crippen LogP contribution in [0.1, 0.15) is 22.8 Å². The van der Waals surface area contributed by atoms with E-state index in [4.69, 9.17) is 5.73 Å². The van der Waals surface area contributed by atoms with Gasteiger partial charge in [0.25, 0.3) is 5.91 Å². The highest BCUT2D eigenvalue weighted by molar-refractivity contribution is 9.11. The van der Waals surface area contributed by atoms with E-state index in [1.165, 1.54) is 0 Å². The first-order valence-electron chi connectivity index (χ1n) is 6.60. The van der Waals surface area contributed by atoms with Crippen molar-refractivity contribution in [3.05, 3.63) is 62.5 Å². The zero-order valence-electron chi connectivity index (χ0n) is 11.6. The van der Waals surface area contributed by atoms with Crippen LogP contribution in [0.15, 0.2) is 51.4 Å². The van der Waals surface area contributed by atoms with Gasteiger partial charge in [-0.3, -0.25) is 4.79 Å². The van der Waals surface area contributed by atoms with Crippen molar-refractivity contribution in [2.24, 2.45) is 0 Å². The summed E-state index contributed by atoms with van der Waals surface area (Å²) in [4.78, 5) is 14.5. The molecule has 21 heavy (non-hydrogen) atoms. The number of nitrogens with zero attached hydrogens (tertiary/aromatic N) is 1. The Morgan fingerprint density at radius 1 is 1.19 bits per heavy atom. The first-order chi connectivity index (χ1) is 10.0. The topological polar surface area (TPSA) is 46.3 Å². The van der Waals surface area contributed by atoms with E-state index in [2.05, 4.69) is 31.9 Å². The number of anilines is 1. The van der Waals surface area contributed by atoms with Crippen LogP contribution in [0, 0.1) is 0 Å². The fraction of sp³-hybridized carbons (Fsp3) is 0.188. The molecule has 0 bridgehead atoms. The molecule has 0 fully saturated rings. The number of hydrogen-bond donors (Lipinski definition) is 1. The number of carbonyl (C=O) groups excluding carboxylic acids is 1. The summed E-state index contributed by atoms with van der Waals surface area (Å²) in [5, 5.41) is 0. The standard InChI is InChI=1S/C16H16Br2N2O/c1-2-20(10-11-4-3-5-13(19)8-11)16(21)14-9-12(17)6-7-15(14)18/h3-9H,2,10,19H2,1H3. The van der Waals surface area contributed by atoms with E-state index in [-0.39, 0.29) is 5.91 Å².